The molecule has 0 radical (unpaired) electrons. The van der Waals surface area contributed by atoms with E-state index in [4.69, 9.17) is 4.18 Å². The van der Waals surface area contributed by atoms with Gasteiger partial charge in [-0.1, -0.05) is 17.7 Å². The second kappa shape index (κ2) is 4.74. The molecular weight excluding hydrogens is 243 g/mol. The first-order chi connectivity index (χ1) is 7.99. The molecule has 5 heteroatoms. The van der Waals surface area contributed by atoms with Crippen LogP contribution in [0.1, 0.15) is 18.4 Å². The Labute approximate surface area is 101 Å². The fourth-order valence-electron chi connectivity index (χ4n) is 1.52. The number of halogens is 1. The van der Waals surface area contributed by atoms with E-state index in [2.05, 4.69) is 0 Å². The van der Waals surface area contributed by atoms with Crippen LogP contribution >= 0.6 is 0 Å². The topological polar surface area (TPSA) is 43.4 Å². The summed E-state index contributed by atoms with van der Waals surface area (Å²) < 4.78 is 41.4. The van der Waals surface area contributed by atoms with Gasteiger partial charge in [0.25, 0.3) is 10.1 Å². The van der Waals surface area contributed by atoms with Crippen LogP contribution in [0.2, 0.25) is 0 Å². The van der Waals surface area contributed by atoms with Crippen molar-refractivity contribution < 1.29 is 17.0 Å². The lowest BCUT2D eigenvalue weighted by atomic mass is 10.2. The van der Waals surface area contributed by atoms with E-state index in [1.807, 2.05) is 6.92 Å². The third-order valence-corrected chi connectivity index (χ3v) is 4.12. The number of hydrogen-bond donors (Lipinski definition) is 0. The van der Waals surface area contributed by atoms with E-state index in [0.717, 1.165) is 18.4 Å². The summed E-state index contributed by atoms with van der Waals surface area (Å²) in [5, 5.41) is 0. The number of benzene rings is 1. The smallest absolute Gasteiger partial charge is 0.263 e. The van der Waals surface area contributed by atoms with Gasteiger partial charge in [0, 0.05) is 0 Å². The molecule has 0 amide bonds. The van der Waals surface area contributed by atoms with Crippen molar-refractivity contribution in [2.75, 3.05) is 6.61 Å². The van der Waals surface area contributed by atoms with Gasteiger partial charge in [-0.05, 0) is 37.8 Å². The van der Waals surface area contributed by atoms with Crippen LogP contribution in [0.15, 0.2) is 29.2 Å². The van der Waals surface area contributed by atoms with Crippen molar-refractivity contribution in [3.8, 4) is 0 Å². The monoisotopic (exact) mass is 258 g/mol. The molecule has 0 heterocycles. The summed E-state index contributed by atoms with van der Waals surface area (Å²) in [4.78, 5) is 0.0751. The van der Waals surface area contributed by atoms with E-state index in [1.54, 1.807) is 12.1 Å². The first kappa shape index (κ1) is 12.5. The Bertz CT molecular complexity index is 477. The van der Waals surface area contributed by atoms with Gasteiger partial charge in [-0.15, -0.1) is 0 Å². The molecule has 0 N–H and O–H groups in total. The minimum atomic E-state index is -3.82. The highest BCUT2D eigenvalue weighted by molar-refractivity contribution is 7.86. The lowest BCUT2D eigenvalue weighted by Crippen LogP contribution is -2.17. The highest BCUT2D eigenvalue weighted by Gasteiger charge is 2.32. The molecule has 0 aliphatic heterocycles. The van der Waals surface area contributed by atoms with E-state index >= 15 is 0 Å². The summed E-state index contributed by atoms with van der Waals surface area (Å²) in [6, 6.07) is 6.30. The van der Waals surface area contributed by atoms with Gasteiger partial charge in [-0.2, -0.15) is 8.42 Å². The molecule has 17 heavy (non-hydrogen) atoms. The molecule has 94 valence electrons. The fourth-order valence-corrected chi connectivity index (χ4v) is 2.44. The Hall–Kier alpha value is -0.940. The predicted octanol–water partition coefficient (Wildman–Crippen LogP) is 2.45. The highest BCUT2D eigenvalue weighted by Crippen LogP contribution is 2.34. The molecule has 1 aliphatic carbocycles. The summed E-state index contributed by atoms with van der Waals surface area (Å²) in [5.41, 5.74) is 0.963. The zero-order valence-corrected chi connectivity index (χ0v) is 10.4. The van der Waals surface area contributed by atoms with Crippen LogP contribution < -0.4 is 0 Å². The SMILES string of the molecule is Cc1ccc(S(=O)(=O)OCC(F)C2CC2)cc1. The number of hydrogen-bond acceptors (Lipinski definition) is 3. The van der Waals surface area contributed by atoms with E-state index in [-0.39, 0.29) is 17.4 Å². The standard InChI is InChI=1S/C12H15FO3S/c1-9-2-6-11(7-3-9)17(14,15)16-8-12(13)10-4-5-10/h2-3,6-7,10,12H,4-5,8H2,1H3. The third kappa shape index (κ3) is 3.26. The molecular formula is C12H15FO3S. The van der Waals surface area contributed by atoms with E-state index in [9.17, 15) is 12.8 Å². The first-order valence-corrected chi connectivity index (χ1v) is 7.00. The van der Waals surface area contributed by atoms with Crippen LogP contribution in [-0.4, -0.2) is 21.2 Å². The van der Waals surface area contributed by atoms with Crippen LogP contribution in [0.5, 0.6) is 0 Å². The van der Waals surface area contributed by atoms with Crippen LogP contribution in [0, 0.1) is 12.8 Å². The van der Waals surface area contributed by atoms with Gasteiger partial charge in [-0.25, -0.2) is 4.39 Å². The third-order valence-electron chi connectivity index (χ3n) is 2.83. The molecule has 1 aromatic carbocycles. The van der Waals surface area contributed by atoms with Crippen LogP contribution in [0.25, 0.3) is 0 Å². The van der Waals surface area contributed by atoms with Crippen molar-refractivity contribution in [3.05, 3.63) is 29.8 Å². The summed E-state index contributed by atoms with van der Waals surface area (Å²) >= 11 is 0. The molecule has 0 aromatic heterocycles. The van der Waals surface area contributed by atoms with E-state index < -0.39 is 16.3 Å². The van der Waals surface area contributed by atoms with E-state index in [1.165, 1.54) is 12.1 Å². The van der Waals surface area contributed by atoms with Gasteiger partial charge in [0.15, 0.2) is 0 Å². The van der Waals surface area contributed by atoms with Gasteiger partial charge in [0.1, 0.15) is 6.17 Å². The van der Waals surface area contributed by atoms with Gasteiger partial charge >= 0.3 is 0 Å². The Morgan fingerprint density at radius 2 is 1.94 bits per heavy atom. The van der Waals surface area contributed by atoms with Crippen molar-refractivity contribution in [1.29, 1.82) is 0 Å². The number of aryl methyl sites for hydroxylation is 1. The highest BCUT2D eigenvalue weighted by atomic mass is 32.2. The largest absolute Gasteiger partial charge is 0.297 e. The Morgan fingerprint density at radius 3 is 2.47 bits per heavy atom. The molecule has 1 fully saturated rings. The number of rotatable bonds is 5. The molecule has 0 spiro atoms. The summed E-state index contributed by atoms with van der Waals surface area (Å²) in [5.74, 6) is -0.0109. The van der Waals surface area contributed by atoms with Gasteiger partial charge in [-0.3, -0.25) is 4.18 Å². The fraction of sp³-hybridized carbons (Fsp3) is 0.500. The van der Waals surface area contributed by atoms with Gasteiger partial charge in [0.05, 0.1) is 11.5 Å². The quantitative estimate of drug-likeness (QED) is 0.762. The van der Waals surface area contributed by atoms with Crippen LogP contribution in [0.3, 0.4) is 0 Å². The second-order valence-corrected chi connectivity index (χ2v) is 6.02. The average Bonchev–Trinajstić information content (AvgIpc) is 3.10. The number of alkyl halides is 1. The second-order valence-electron chi connectivity index (χ2n) is 4.41. The zero-order chi connectivity index (χ0) is 12.5. The molecule has 1 aliphatic rings. The summed E-state index contributed by atoms with van der Waals surface area (Å²) in [6.07, 6.45) is 0.486. The average molecular weight is 258 g/mol. The lowest BCUT2D eigenvalue weighted by Gasteiger charge is -2.08. The zero-order valence-electron chi connectivity index (χ0n) is 9.60. The lowest BCUT2D eigenvalue weighted by molar-refractivity contribution is 0.181. The molecule has 1 saturated carbocycles. The molecule has 2 rings (SSSR count). The predicted molar refractivity (Wildman–Crippen MR) is 61.9 cm³/mol. The van der Waals surface area contributed by atoms with Gasteiger partial charge < -0.3 is 0 Å². The molecule has 3 nitrogen and oxygen atoms in total. The minimum absolute atomic E-state index is 0.0109. The van der Waals surface area contributed by atoms with Crippen LogP contribution in [0.4, 0.5) is 4.39 Å². The molecule has 1 atom stereocenters. The molecule has 1 aromatic rings. The summed E-state index contributed by atoms with van der Waals surface area (Å²) in [7, 11) is -3.82. The summed E-state index contributed by atoms with van der Waals surface area (Å²) in [6.45, 7) is 1.49. The molecule has 0 saturated heterocycles. The molecule has 1 unspecified atom stereocenters. The van der Waals surface area contributed by atoms with Gasteiger partial charge in [0.2, 0.25) is 0 Å². The molecule has 0 bridgehead atoms. The van der Waals surface area contributed by atoms with E-state index in [0.29, 0.717) is 0 Å². The Kier molecular flexibility index (Phi) is 3.49. The van der Waals surface area contributed by atoms with Crippen molar-refractivity contribution in [3.63, 3.8) is 0 Å². The Morgan fingerprint density at radius 1 is 1.35 bits per heavy atom. The van der Waals surface area contributed by atoms with Crippen molar-refractivity contribution in [2.45, 2.75) is 30.8 Å². The maximum absolute atomic E-state index is 13.3. The van der Waals surface area contributed by atoms with Crippen molar-refractivity contribution >= 4 is 10.1 Å². The maximum atomic E-state index is 13.3. The Balaban J connectivity index is 2.00. The minimum Gasteiger partial charge on any atom is -0.263 e. The van der Waals surface area contributed by atoms with Crippen molar-refractivity contribution in [1.82, 2.24) is 0 Å². The first-order valence-electron chi connectivity index (χ1n) is 5.59. The van der Waals surface area contributed by atoms with Crippen molar-refractivity contribution in [2.24, 2.45) is 5.92 Å². The maximum Gasteiger partial charge on any atom is 0.297 e. The normalized spacial score (nSPS) is 18.0. The van der Waals surface area contributed by atoms with Crippen LogP contribution in [-0.2, 0) is 14.3 Å².